The summed E-state index contributed by atoms with van der Waals surface area (Å²) in [5, 5.41) is 9.32. The van der Waals surface area contributed by atoms with Gasteiger partial charge in [-0.1, -0.05) is 0 Å². The lowest BCUT2D eigenvalue weighted by atomic mass is 10.2. The molecule has 0 aromatic heterocycles. The number of rotatable bonds is 2. The zero-order valence-corrected chi connectivity index (χ0v) is 14.9. The van der Waals surface area contributed by atoms with Crippen LogP contribution < -0.4 is 0 Å². The van der Waals surface area contributed by atoms with Crippen LogP contribution in [0.5, 0.6) is 5.75 Å². The Balaban J connectivity index is 2.15. The second kappa shape index (κ2) is 6.75. The van der Waals surface area contributed by atoms with Gasteiger partial charge in [-0.05, 0) is 32.9 Å². The summed E-state index contributed by atoms with van der Waals surface area (Å²) in [6.07, 6.45) is -0.584. The molecule has 1 N–H and O–H groups in total. The van der Waals surface area contributed by atoms with Gasteiger partial charge in [0.15, 0.2) is 16.5 Å². The number of phenolic OH excluding ortho intramolecular Hbond substituents is 1. The Hall–Kier alpha value is -1.94. The third kappa shape index (κ3) is 4.18. The number of amides is 1. The molecule has 0 atom stereocenters. The van der Waals surface area contributed by atoms with Crippen molar-refractivity contribution in [1.82, 2.24) is 9.21 Å². The Morgan fingerprint density at radius 1 is 1.16 bits per heavy atom. The highest BCUT2D eigenvalue weighted by Crippen LogP contribution is 2.29. The Morgan fingerprint density at radius 3 is 2.24 bits per heavy atom. The van der Waals surface area contributed by atoms with E-state index in [-0.39, 0.29) is 26.2 Å². The van der Waals surface area contributed by atoms with E-state index in [0.29, 0.717) is 6.07 Å². The van der Waals surface area contributed by atoms with Crippen molar-refractivity contribution in [3.63, 3.8) is 0 Å². The average molecular weight is 378 g/mol. The fraction of sp³-hybridized carbons (Fsp3) is 0.533. The van der Waals surface area contributed by atoms with Crippen LogP contribution in [0.25, 0.3) is 0 Å². The second-order valence-electron chi connectivity index (χ2n) is 6.58. The molecule has 1 heterocycles. The number of aromatic hydroxyl groups is 1. The van der Waals surface area contributed by atoms with Crippen molar-refractivity contribution in [3.8, 4) is 5.75 Å². The highest BCUT2D eigenvalue weighted by atomic mass is 32.2. The monoisotopic (exact) mass is 378 g/mol. The van der Waals surface area contributed by atoms with Crippen LogP contribution in [0.4, 0.5) is 13.6 Å². The third-order valence-corrected chi connectivity index (χ3v) is 5.45. The number of carbonyl (C=O) groups is 1. The largest absolute Gasteiger partial charge is 0.505 e. The molecule has 0 bridgehead atoms. The molecule has 1 aromatic carbocycles. The molecule has 1 fully saturated rings. The smallest absolute Gasteiger partial charge is 0.410 e. The molecule has 0 radical (unpaired) electrons. The first-order chi connectivity index (χ1) is 11.4. The van der Waals surface area contributed by atoms with E-state index in [1.807, 2.05) is 0 Å². The summed E-state index contributed by atoms with van der Waals surface area (Å²) in [4.78, 5) is 12.1. The number of nitrogens with zero attached hydrogens (tertiary/aromatic N) is 2. The van der Waals surface area contributed by atoms with Crippen LogP contribution in [-0.2, 0) is 14.8 Å². The lowest BCUT2D eigenvalue weighted by molar-refractivity contribution is 0.0192. The third-order valence-electron chi connectivity index (χ3n) is 3.52. The van der Waals surface area contributed by atoms with Crippen molar-refractivity contribution in [2.75, 3.05) is 26.2 Å². The summed E-state index contributed by atoms with van der Waals surface area (Å²) >= 11 is 0. The lowest BCUT2D eigenvalue weighted by Crippen LogP contribution is -2.51. The van der Waals surface area contributed by atoms with Crippen LogP contribution in [0.15, 0.2) is 17.0 Å². The minimum atomic E-state index is -4.49. The summed E-state index contributed by atoms with van der Waals surface area (Å²) in [7, 11) is -4.49. The molecule has 7 nitrogen and oxygen atoms in total. The Labute approximate surface area is 144 Å². The molecule has 140 valence electrons. The zero-order chi connectivity index (χ0) is 19.0. The maximum Gasteiger partial charge on any atom is 0.410 e. The maximum absolute atomic E-state index is 13.9. The van der Waals surface area contributed by atoms with E-state index in [9.17, 15) is 27.1 Å². The van der Waals surface area contributed by atoms with E-state index in [4.69, 9.17) is 4.74 Å². The van der Waals surface area contributed by atoms with Gasteiger partial charge in [0, 0.05) is 26.2 Å². The standard InChI is InChI=1S/C15H20F2N2O5S/c1-15(2,3)24-14(21)18-6-8-19(9-7-18)25(22,23)13-10(16)4-5-11(20)12(13)17/h4-5,20H,6-9H2,1-3H3. The van der Waals surface area contributed by atoms with Crippen molar-refractivity contribution in [2.24, 2.45) is 0 Å². The second-order valence-corrected chi connectivity index (χ2v) is 8.46. The van der Waals surface area contributed by atoms with Gasteiger partial charge in [0.1, 0.15) is 11.4 Å². The van der Waals surface area contributed by atoms with Crippen LogP contribution >= 0.6 is 0 Å². The number of carbonyl (C=O) groups excluding carboxylic acids is 1. The summed E-state index contributed by atoms with van der Waals surface area (Å²) in [6, 6.07) is 1.42. The number of ether oxygens (including phenoxy) is 1. The molecule has 0 spiro atoms. The van der Waals surface area contributed by atoms with Gasteiger partial charge in [0.2, 0.25) is 10.0 Å². The zero-order valence-electron chi connectivity index (χ0n) is 14.1. The molecule has 25 heavy (non-hydrogen) atoms. The molecule has 1 saturated heterocycles. The molecule has 10 heteroatoms. The highest BCUT2D eigenvalue weighted by molar-refractivity contribution is 7.89. The molecule has 2 rings (SSSR count). The van der Waals surface area contributed by atoms with E-state index < -0.39 is 44.0 Å². The quantitative estimate of drug-likeness (QED) is 0.850. The molecular formula is C15H20F2N2O5S. The molecule has 1 amide bonds. The summed E-state index contributed by atoms with van der Waals surface area (Å²) in [6.45, 7) is 4.88. The van der Waals surface area contributed by atoms with Gasteiger partial charge < -0.3 is 14.7 Å². The van der Waals surface area contributed by atoms with Gasteiger partial charge in [-0.25, -0.2) is 22.0 Å². The Bertz CT molecular complexity index is 769. The van der Waals surface area contributed by atoms with E-state index in [0.717, 1.165) is 10.4 Å². The van der Waals surface area contributed by atoms with Crippen LogP contribution in [0.3, 0.4) is 0 Å². The van der Waals surface area contributed by atoms with Gasteiger partial charge in [0.05, 0.1) is 0 Å². The van der Waals surface area contributed by atoms with Crippen molar-refractivity contribution in [2.45, 2.75) is 31.3 Å². The number of benzene rings is 1. The fourth-order valence-corrected chi connectivity index (χ4v) is 3.87. The number of halogens is 2. The number of hydrogen-bond acceptors (Lipinski definition) is 5. The Morgan fingerprint density at radius 2 is 1.72 bits per heavy atom. The molecule has 0 saturated carbocycles. The number of hydrogen-bond donors (Lipinski definition) is 1. The first-order valence-electron chi connectivity index (χ1n) is 7.58. The number of phenols is 1. The molecule has 0 unspecified atom stereocenters. The normalized spacial score (nSPS) is 16.8. The minimum Gasteiger partial charge on any atom is -0.505 e. The maximum atomic E-state index is 13.9. The van der Waals surface area contributed by atoms with Crippen LogP contribution in [0, 0.1) is 11.6 Å². The lowest BCUT2D eigenvalue weighted by Gasteiger charge is -2.35. The first kappa shape index (κ1) is 19.4. The van der Waals surface area contributed by atoms with E-state index in [2.05, 4.69) is 0 Å². The molecular weight excluding hydrogens is 358 g/mol. The predicted molar refractivity (Wildman–Crippen MR) is 84.6 cm³/mol. The fourth-order valence-electron chi connectivity index (χ4n) is 2.33. The van der Waals surface area contributed by atoms with Gasteiger partial charge >= 0.3 is 6.09 Å². The van der Waals surface area contributed by atoms with Gasteiger partial charge in [-0.2, -0.15) is 4.31 Å². The summed E-state index contributed by atoms with van der Waals surface area (Å²) in [5.74, 6) is -3.77. The van der Waals surface area contributed by atoms with Gasteiger partial charge in [-0.15, -0.1) is 0 Å². The predicted octanol–water partition coefficient (Wildman–Crippen LogP) is 1.91. The molecule has 0 aliphatic carbocycles. The minimum absolute atomic E-state index is 0.0240. The van der Waals surface area contributed by atoms with Crippen molar-refractivity contribution in [1.29, 1.82) is 0 Å². The summed E-state index contributed by atoms with van der Waals surface area (Å²) in [5.41, 5.74) is -0.686. The average Bonchev–Trinajstić information content (AvgIpc) is 2.49. The van der Waals surface area contributed by atoms with E-state index in [1.165, 1.54) is 4.90 Å². The van der Waals surface area contributed by atoms with Crippen LogP contribution in [-0.4, -0.2) is 60.6 Å². The van der Waals surface area contributed by atoms with Crippen LogP contribution in [0.1, 0.15) is 20.8 Å². The van der Waals surface area contributed by atoms with Crippen LogP contribution in [0.2, 0.25) is 0 Å². The van der Waals surface area contributed by atoms with Crippen molar-refractivity contribution >= 4 is 16.1 Å². The number of sulfonamides is 1. The van der Waals surface area contributed by atoms with Gasteiger partial charge in [0.25, 0.3) is 0 Å². The topological polar surface area (TPSA) is 87.2 Å². The highest BCUT2D eigenvalue weighted by Gasteiger charge is 2.36. The van der Waals surface area contributed by atoms with E-state index in [1.54, 1.807) is 20.8 Å². The van der Waals surface area contributed by atoms with Gasteiger partial charge in [-0.3, -0.25) is 0 Å². The van der Waals surface area contributed by atoms with Crippen molar-refractivity contribution < 1.29 is 31.8 Å². The molecule has 1 aliphatic heterocycles. The van der Waals surface area contributed by atoms with E-state index >= 15 is 0 Å². The molecule has 1 aliphatic rings. The van der Waals surface area contributed by atoms with Crippen molar-refractivity contribution in [3.05, 3.63) is 23.8 Å². The summed E-state index contributed by atoms with van der Waals surface area (Å²) < 4.78 is 58.8. The first-order valence-corrected chi connectivity index (χ1v) is 9.02. The number of piperazine rings is 1. The molecule has 1 aromatic rings. The SMILES string of the molecule is CC(C)(C)OC(=O)N1CCN(S(=O)(=O)c2c(F)ccc(O)c2F)CC1. The Kier molecular flexibility index (Phi) is 5.24.